The van der Waals surface area contributed by atoms with E-state index in [0.717, 1.165) is 10.9 Å². The molecule has 2 aromatic heterocycles. The Hall–Kier alpha value is -4.66. The number of fused-ring (bicyclic) bond motifs is 1. The summed E-state index contributed by atoms with van der Waals surface area (Å²) >= 11 is 0. The summed E-state index contributed by atoms with van der Waals surface area (Å²) in [7, 11) is 1.52. The van der Waals surface area contributed by atoms with E-state index in [1.54, 1.807) is 48.7 Å². The van der Waals surface area contributed by atoms with E-state index >= 15 is 0 Å². The lowest BCUT2D eigenvalue weighted by Crippen LogP contribution is -2.41. The molecule has 3 amide bonds. The summed E-state index contributed by atoms with van der Waals surface area (Å²) < 4.78 is 5.71. The maximum Gasteiger partial charge on any atom is 0.269 e. The van der Waals surface area contributed by atoms with Crippen molar-refractivity contribution in [3.05, 3.63) is 89.9 Å². The number of nitrogens with one attached hydrogen (secondary N) is 4. The van der Waals surface area contributed by atoms with Crippen LogP contribution in [0.15, 0.2) is 73.1 Å². The number of hydrogen-bond acceptors (Lipinski definition) is 5. The van der Waals surface area contributed by atoms with Gasteiger partial charge in [-0.15, -0.1) is 0 Å². The number of hydrogen-bond donors (Lipinski definition) is 4. The van der Waals surface area contributed by atoms with Crippen LogP contribution in [0.4, 0.5) is 0 Å². The minimum Gasteiger partial charge on any atom is -0.457 e. The largest absolute Gasteiger partial charge is 0.457 e. The molecule has 0 fully saturated rings. The Bertz CT molecular complexity index is 1300. The zero-order valence-corrected chi connectivity index (χ0v) is 17.0. The number of H-pyrrole nitrogens is 1. The highest BCUT2D eigenvalue weighted by atomic mass is 16.5. The highest BCUT2D eigenvalue weighted by Gasteiger charge is 2.11. The van der Waals surface area contributed by atoms with Gasteiger partial charge in [0.15, 0.2) is 0 Å². The van der Waals surface area contributed by atoms with Gasteiger partial charge in [0.2, 0.25) is 0 Å². The number of pyridine rings is 1. The quantitative estimate of drug-likeness (QED) is 0.363. The zero-order chi connectivity index (χ0) is 22.5. The van der Waals surface area contributed by atoms with Gasteiger partial charge in [0.1, 0.15) is 17.2 Å². The molecule has 160 valence electrons. The molecule has 0 aliphatic heterocycles. The fourth-order valence-electron chi connectivity index (χ4n) is 2.98. The number of aromatic amines is 1. The van der Waals surface area contributed by atoms with Gasteiger partial charge in [-0.1, -0.05) is 6.07 Å². The molecule has 0 atom stereocenters. The predicted molar refractivity (Wildman–Crippen MR) is 117 cm³/mol. The standard InChI is InChI=1S/C23H19N5O4/c1-24-23(31)20-13-18(9-11-26-20)32-17-6-4-15(5-7-17)21(29)27-28-22(30)16-3-2-14-8-10-25-19(14)12-16/h2-13,25H,1H3,(H,24,31)(H,27,29)(H,28,30). The molecule has 4 rings (SSSR count). The van der Waals surface area contributed by atoms with E-state index in [2.05, 4.69) is 26.1 Å². The van der Waals surface area contributed by atoms with Crippen molar-refractivity contribution < 1.29 is 19.1 Å². The third-order valence-corrected chi connectivity index (χ3v) is 4.65. The molecular formula is C23H19N5O4. The van der Waals surface area contributed by atoms with Crippen LogP contribution in [-0.2, 0) is 0 Å². The average molecular weight is 429 g/mol. The third-order valence-electron chi connectivity index (χ3n) is 4.65. The first-order valence-electron chi connectivity index (χ1n) is 9.67. The zero-order valence-electron chi connectivity index (χ0n) is 17.0. The van der Waals surface area contributed by atoms with E-state index in [-0.39, 0.29) is 11.6 Å². The lowest BCUT2D eigenvalue weighted by molar-refractivity contribution is 0.0846. The smallest absolute Gasteiger partial charge is 0.269 e. The molecule has 4 aromatic rings. The first-order chi connectivity index (χ1) is 15.5. The Morgan fingerprint density at radius 2 is 1.53 bits per heavy atom. The molecule has 0 aliphatic rings. The van der Waals surface area contributed by atoms with Crippen molar-refractivity contribution in [2.45, 2.75) is 0 Å². The normalized spacial score (nSPS) is 10.4. The van der Waals surface area contributed by atoms with Gasteiger partial charge in [-0.3, -0.25) is 30.2 Å². The molecule has 0 aliphatic carbocycles. The summed E-state index contributed by atoms with van der Waals surface area (Å²) in [6.45, 7) is 0. The molecular weight excluding hydrogens is 410 g/mol. The van der Waals surface area contributed by atoms with E-state index in [0.29, 0.717) is 22.6 Å². The lowest BCUT2D eigenvalue weighted by Gasteiger charge is -2.09. The van der Waals surface area contributed by atoms with E-state index in [4.69, 9.17) is 4.74 Å². The van der Waals surface area contributed by atoms with Crippen molar-refractivity contribution in [3.63, 3.8) is 0 Å². The number of carbonyl (C=O) groups excluding carboxylic acids is 3. The minimum atomic E-state index is -0.475. The van der Waals surface area contributed by atoms with Crippen molar-refractivity contribution in [1.29, 1.82) is 0 Å². The van der Waals surface area contributed by atoms with Crippen LogP contribution >= 0.6 is 0 Å². The second-order valence-electron chi connectivity index (χ2n) is 6.77. The molecule has 32 heavy (non-hydrogen) atoms. The molecule has 0 saturated carbocycles. The van der Waals surface area contributed by atoms with Crippen LogP contribution in [0.1, 0.15) is 31.2 Å². The number of rotatable bonds is 5. The van der Waals surface area contributed by atoms with E-state index in [9.17, 15) is 14.4 Å². The highest BCUT2D eigenvalue weighted by Crippen LogP contribution is 2.22. The van der Waals surface area contributed by atoms with Crippen molar-refractivity contribution in [3.8, 4) is 11.5 Å². The van der Waals surface area contributed by atoms with E-state index < -0.39 is 11.8 Å². The minimum absolute atomic E-state index is 0.229. The van der Waals surface area contributed by atoms with Crippen LogP contribution in [0.3, 0.4) is 0 Å². The third kappa shape index (κ3) is 4.57. The molecule has 4 N–H and O–H groups in total. The molecule has 2 aromatic carbocycles. The van der Waals surface area contributed by atoms with Gasteiger partial charge in [-0.25, -0.2) is 0 Å². The fourth-order valence-corrected chi connectivity index (χ4v) is 2.98. The first kappa shape index (κ1) is 20.6. The Balaban J connectivity index is 1.35. The monoisotopic (exact) mass is 429 g/mol. The number of hydrazine groups is 1. The summed E-state index contributed by atoms with van der Waals surface area (Å²) in [5, 5.41) is 3.49. The van der Waals surface area contributed by atoms with Crippen molar-refractivity contribution >= 4 is 28.6 Å². The van der Waals surface area contributed by atoms with E-state index in [1.165, 1.54) is 19.3 Å². The van der Waals surface area contributed by atoms with Gasteiger partial charge in [0, 0.05) is 42.2 Å². The Morgan fingerprint density at radius 3 is 2.28 bits per heavy atom. The predicted octanol–water partition coefficient (Wildman–Crippen LogP) is 2.79. The van der Waals surface area contributed by atoms with Crippen LogP contribution in [0, 0.1) is 0 Å². The Labute approximate surface area is 182 Å². The van der Waals surface area contributed by atoms with Gasteiger partial charge in [-0.2, -0.15) is 0 Å². The SMILES string of the molecule is CNC(=O)c1cc(Oc2ccc(C(=O)NNC(=O)c3ccc4cc[nH]c4c3)cc2)ccn1. The van der Waals surface area contributed by atoms with Gasteiger partial charge in [-0.05, 0) is 53.9 Å². The molecule has 2 heterocycles. The Morgan fingerprint density at radius 1 is 0.812 bits per heavy atom. The second kappa shape index (κ2) is 9.00. The van der Waals surface area contributed by atoms with Crippen molar-refractivity contribution in [1.82, 2.24) is 26.1 Å². The Kier molecular flexibility index (Phi) is 5.80. The van der Waals surface area contributed by atoms with Crippen LogP contribution in [0.25, 0.3) is 10.9 Å². The van der Waals surface area contributed by atoms with Crippen LogP contribution < -0.4 is 20.9 Å². The average Bonchev–Trinajstić information content (AvgIpc) is 3.30. The number of ether oxygens (including phenoxy) is 1. The van der Waals surface area contributed by atoms with E-state index in [1.807, 2.05) is 12.1 Å². The summed E-state index contributed by atoms with van der Waals surface area (Å²) in [5.74, 6) is -0.325. The van der Waals surface area contributed by atoms with Gasteiger partial charge < -0.3 is 15.0 Å². The number of aromatic nitrogens is 2. The fraction of sp³-hybridized carbons (Fsp3) is 0.0435. The highest BCUT2D eigenvalue weighted by molar-refractivity contribution is 6.00. The molecule has 0 unspecified atom stereocenters. The second-order valence-corrected chi connectivity index (χ2v) is 6.77. The maximum atomic E-state index is 12.3. The summed E-state index contributed by atoms with van der Waals surface area (Å²) in [4.78, 5) is 43.3. The number of benzene rings is 2. The van der Waals surface area contributed by atoms with Gasteiger partial charge >= 0.3 is 0 Å². The summed E-state index contributed by atoms with van der Waals surface area (Å²) in [5.41, 5.74) is 6.60. The van der Waals surface area contributed by atoms with Crippen LogP contribution in [0.2, 0.25) is 0 Å². The molecule has 0 bridgehead atoms. The van der Waals surface area contributed by atoms with Crippen LogP contribution in [-0.4, -0.2) is 34.7 Å². The van der Waals surface area contributed by atoms with Crippen LogP contribution in [0.5, 0.6) is 11.5 Å². The molecule has 9 heteroatoms. The maximum absolute atomic E-state index is 12.3. The van der Waals surface area contributed by atoms with Gasteiger partial charge in [0.05, 0.1) is 0 Å². The molecule has 0 radical (unpaired) electrons. The number of carbonyl (C=O) groups is 3. The number of nitrogens with zero attached hydrogens (tertiary/aromatic N) is 1. The van der Waals surface area contributed by atoms with Gasteiger partial charge in [0.25, 0.3) is 17.7 Å². The lowest BCUT2D eigenvalue weighted by atomic mass is 10.1. The van der Waals surface area contributed by atoms with Crippen molar-refractivity contribution in [2.75, 3.05) is 7.05 Å². The summed E-state index contributed by atoms with van der Waals surface area (Å²) in [6.07, 6.45) is 3.26. The number of amides is 3. The first-order valence-corrected chi connectivity index (χ1v) is 9.67. The van der Waals surface area contributed by atoms with Crippen molar-refractivity contribution in [2.24, 2.45) is 0 Å². The molecule has 9 nitrogen and oxygen atoms in total. The molecule has 0 saturated heterocycles. The summed E-state index contributed by atoms with van der Waals surface area (Å²) in [6, 6.07) is 16.6. The topological polar surface area (TPSA) is 125 Å². The molecule has 0 spiro atoms.